The first-order valence-corrected chi connectivity index (χ1v) is 12.0. The Morgan fingerprint density at radius 1 is 1.19 bits per heavy atom. The van der Waals surface area contributed by atoms with Gasteiger partial charge in [-0.1, -0.05) is 13.0 Å². The molecule has 0 aromatic heterocycles. The number of rotatable bonds is 4. The summed E-state index contributed by atoms with van der Waals surface area (Å²) >= 11 is 0. The third kappa shape index (κ3) is 4.14. The van der Waals surface area contributed by atoms with E-state index >= 15 is 0 Å². The highest BCUT2D eigenvalue weighted by Gasteiger charge is 2.28. The predicted molar refractivity (Wildman–Crippen MR) is 121 cm³/mol. The largest absolute Gasteiger partial charge is 0.508 e. The van der Waals surface area contributed by atoms with Crippen molar-refractivity contribution in [3.63, 3.8) is 0 Å². The Labute approximate surface area is 182 Å². The Balaban J connectivity index is 1.98. The number of phenols is 1. The first-order valence-electron chi connectivity index (χ1n) is 10.2. The monoisotopic (exact) mass is 440 g/mol. The minimum atomic E-state index is -3.33. The molecule has 0 bridgehead atoms. The average molecular weight is 441 g/mol. The normalized spacial score (nSPS) is 18.4. The Morgan fingerprint density at radius 2 is 1.90 bits per heavy atom. The van der Waals surface area contributed by atoms with E-state index in [0.717, 1.165) is 28.8 Å². The fourth-order valence-corrected chi connectivity index (χ4v) is 4.91. The Hall–Kier alpha value is -2.93. The van der Waals surface area contributed by atoms with Gasteiger partial charge in [-0.2, -0.15) is 0 Å². The van der Waals surface area contributed by atoms with E-state index in [1.165, 1.54) is 12.1 Å². The SMILES string of the molecule is CCS(=O)(=O)Cc1cc2c(cc1O)C(c1ccc(F)cc1)=N[C@@H](C)C1=CCN(C)C=C12. The van der Waals surface area contributed by atoms with Gasteiger partial charge in [-0.3, -0.25) is 4.99 Å². The number of likely N-dealkylation sites (N-methyl/N-ethyl adjacent to an activating group) is 1. The summed E-state index contributed by atoms with van der Waals surface area (Å²) in [6.45, 7) is 4.34. The maximum atomic E-state index is 13.5. The van der Waals surface area contributed by atoms with Gasteiger partial charge in [0.05, 0.1) is 17.5 Å². The van der Waals surface area contributed by atoms with E-state index in [0.29, 0.717) is 16.8 Å². The lowest BCUT2D eigenvalue weighted by atomic mass is 9.87. The second-order valence-electron chi connectivity index (χ2n) is 8.01. The van der Waals surface area contributed by atoms with Crippen molar-refractivity contribution in [3.8, 4) is 5.75 Å². The van der Waals surface area contributed by atoms with Gasteiger partial charge in [-0.15, -0.1) is 0 Å². The molecule has 0 unspecified atom stereocenters. The molecule has 0 radical (unpaired) electrons. The van der Waals surface area contributed by atoms with Crippen molar-refractivity contribution < 1.29 is 17.9 Å². The standard InChI is InChI=1S/C24H25FN2O3S/c1-4-31(29,30)14-17-11-20-21(12-23(17)28)24(16-5-7-18(25)8-6-16)26-15(2)19-9-10-27(3)13-22(19)20/h5-9,11-13,15,28H,4,10,14H2,1-3H3/t15-/m0/s1. The van der Waals surface area contributed by atoms with Gasteiger partial charge in [0.2, 0.25) is 0 Å². The number of sulfone groups is 1. The van der Waals surface area contributed by atoms with Crippen LogP contribution in [0.25, 0.3) is 5.57 Å². The van der Waals surface area contributed by atoms with Gasteiger partial charge < -0.3 is 10.0 Å². The summed E-state index contributed by atoms with van der Waals surface area (Å²) in [5.41, 5.74) is 5.24. The van der Waals surface area contributed by atoms with Gasteiger partial charge in [0.15, 0.2) is 9.84 Å². The third-order valence-electron chi connectivity index (χ3n) is 5.73. The van der Waals surface area contributed by atoms with Crippen molar-refractivity contribution in [1.29, 1.82) is 0 Å². The molecule has 1 N–H and O–H groups in total. The smallest absolute Gasteiger partial charge is 0.154 e. The lowest BCUT2D eigenvalue weighted by molar-refractivity contribution is 0.469. The molecule has 31 heavy (non-hydrogen) atoms. The van der Waals surface area contributed by atoms with Crippen molar-refractivity contribution in [2.75, 3.05) is 19.3 Å². The molecule has 0 amide bonds. The van der Waals surface area contributed by atoms with E-state index in [9.17, 15) is 17.9 Å². The number of fused-ring (bicyclic) bond motifs is 3. The number of aliphatic imine (C=N–C) groups is 1. The van der Waals surface area contributed by atoms with Crippen LogP contribution in [0.3, 0.4) is 0 Å². The molecule has 2 aliphatic heterocycles. The van der Waals surface area contributed by atoms with Crippen molar-refractivity contribution in [3.05, 3.63) is 82.3 Å². The fourth-order valence-electron chi connectivity index (χ4n) is 4.00. The minimum absolute atomic E-state index is 0.000562. The first kappa shape index (κ1) is 21.3. The molecular weight excluding hydrogens is 415 g/mol. The van der Waals surface area contributed by atoms with Crippen LogP contribution < -0.4 is 0 Å². The average Bonchev–Trinajstić information content (AvgIpc) is 2.84. The van der Waals surface area contributed by atoms with Crippen LogP contribution in [0.2, 0.25) is 0 Å². The van der Waals surface area contributed by atoms with E-state index in [-0.39, 0.29) is 29.1 Å². The quantitative estimate of drug-likeness (QED) is 0.783. The van der Waals surface area contributed by atoms with Crippen LogP contribution in [0.4, 0.5) is 4.39 Å². The van der Waals surface area contributed by atoms with Crippen LogP contribution in [0.1, 0.15) is 36.1 Å². The number of hydrogen-bond donors (Lipinski definition) is 1. The highest BCUT2D eigenvalue weighted by Crippen LogP contribution is 2.39. The van der Waals surface area contributed by atoms with Gasteiger partial charge in [-0.25, -0.2) is 12.8 Å². The molecule has 7 heteroatoms. The highest BCUT2D eigenvalue weighted by atomic mass is 32.2. The highest BCUT2D eigenvalue weighted by molar-refractivity contribution is 7.90. The molecule has 1 atom stereocenters. The zero-order chi connectivity index (χ0) is 22.3. The topological polar surface area (TPSA) is 70.0 Å². The van der Waals surface area contributed by atoms with E-state index in [2.05, 4.69) is 6.08 Å². The summed E-state index contributed by atoms with van der Waals surface area (Å²) in [4.78, 5) is 6.97. The fraction of sp³-hybridized carbons (Fsp3) is 0.292. The number of nitrogens with zero attached hydrogens (tertiary/aromatic N) is 2. The van der Waals surface area contributed by atoms with Crippen molar-refractivity contribution in [2.24, 2.45) is 4.99 Å². The number of benzene rings is 2. The lowest BCUT2D eigenvalue weighted by Crippen LogP contribution is -2.19. The van der Waals surface area contributed by atoms with Gasteiger partial charge in [0.25, 0.3) is 0 Å². The minimum Gasteiger partial charge on any atom is -0.508 e. The van der Waals surface area contributed by atoms with Gasteiger partial charge >= 0.3 is 0 Å². The van der Waals surface area contributed by atoms with Crippen molar-refractivity contribution >= 4 is 21.1 Å². The molecule has 162 valence electrons. The first-order chi connectivity index (χ1) is 14.7. The summed E-state index contributed by atoms with van der Waals surface area (Å²) in [7, 11) is -1.36. The second-order valence-corrected chi connectivity index (χ2v) is 10.4. The van der Waals surface area contributed by atoms with Crippen LogP contribution in [-0.4, -0.2) is 49.5 Å². The van der Waals surface area contributed by atoms with Crippen LogP contribution in [-0.2, 0) is 15.6 Å². The molecule has 0 spiro atoms. The van der Waals surface area contributed by atoms with Gasteiger partial charge in [-0.05, 0) is 54.5 Å². The van der Waals surface area contributed by atoms with E-state index in [1.54, 1.807) is 31.2 Å². The molecule has 2 aliphatic rings. The predicted octanol–water partition coefficient (Wildman–Crippen LogP) is 3.92. The molecule has 5 nitrogen and oxygen atoms in total. The molecule has 2 heterocycles. The molecule has 0 fully saturated rings. The maximum absolute atomic E-state index is 13.5. The Morgan fingerprint density at radius 3 is 2.58 bits per heavy atom. The second kappa shape index (κ2) is 7.96. The summed E-state index contributed by atoms with van der Waals surface area (Å²) in [6, 6.07) is 9.29. The maximum Gasteiger partial charge on any atom is 0.154 e. The van der Waals surface area contributed by atoms with E-state index in [4.69, 9.17) is 4.99 Å². The summed E-state index contributed by atoms with van der Waals surface area (Å²) in [5.74, 6) is -0.659. The number of hydrogen-bond acceptors (Lipinski definition) is 5. The summed E-state index contributed by atoms with van der Waals surface area (Å²) in [6.07, 6.45) is 4.15. The van der Waals surface area contributed by atoms with Crippen LogP contribution in [0.5, 0.6) is 5.75 Å². The molecular formula is C24H25FN2O3S. The van der Waals surface area contributed by atoms with Crippen molar-refractivity contribution in [2.45, 2.75) is 25.6 Å². The van der Waals surface area contributed by atoms with Crippen molar-refractivity contribution in [1.82, 2.24) is 4.90 Å². The van der Waals surface area contributed by atoms with Gasteiger partial charge in [0.1, 0.15) is 11.6 Å². The van der Waals surface area contributed by atoms with Crippen LogP contribution >= 0.6 is 0 Å². The van der Waals surface area contributed by atoms with Gasteiger partial charge in [0, 0.05) is 47.8 Å². The third-order valence-corrected chi connectivity index (χ3v) is 7.36. The lowest BCUT2D eigenvalue weighted by Gasteiger charge is -2.25. The van der Waals surface area contributed by atoms with Crippen LogP contribution in [0.15, 0.2) is 59.2 Å². The van der Waals surface area contributed by atoms with Crippen LogP contribution in [0, 0.1) is 5.82 Å². The molecule has 0 saturated carbocycles. The Bertz CT molecular complexity index is 1230. The number of phenolic OH excluding ortho intramolecular Hbond substituents is 1. The molecule has 2 aromatic carbocycles. The number of halogens is 1. The number of aromatic hydroxyl groups is 1. The Kier molecular flexibility index (Phi) is 5.47. The molecule has 4 rings (SSSR count). The van der Waals surface area contributed by atoms with E-state index < -0.39 is 9.84 Å². The molecule has 0 saturated heterocycles. The zero-order valence-corrected chi connectivity index (χ0v) is 18.6. The van der Waals surface area contributed by atoms with E-state index in [1.807, 2.05) is 25.1 Å². The summed E-state index contributed by atoms with van der Waals surface area (Å²) < 4.78 is 38.1. The zero-order valence-electron chi connectivity index (χ0n) is 17.8. The molecule has 0 aliphatic carbocycles. The summed E-state index contributed by atoms with van der Waals surface area (Å²) in [5, 5.41) is 10.7. The molecule has 2 aromatic rings.